The lowest BCUT2D eigenvalue weighted by molar-refractivity contribution is -0.120. The normalized spacial score (nSPS) is 20.1. The van der Waals surface area contributed by atoms with E-state index in [0.29, 0.717) is 41.4 Å². The van der Waals surface area contributed by atoms with Gasteiger partial charge in [0.1, 0.15) is 5.78 Å². The Morgan fingerprint density at radius 1 is 1.03 bits per heavy atom. The Bertz CT molecular complexity index is 1420. The Labute approximate surface area is 215 Å². The fourth-order valence-electron chi connectivity index (χ4n) is 4.59. The van der Waals surface area contributed by atoms with Crippen molar-refractivity contribution in [3.8, 4) is 0 Å². The van der Waals surface area contributed by atoms with Crippen molar-refractivity contribution in [1.82, 2.24) is 4.72 Å². The summed E-state index contributed by atoms with van der Waals surface area (Å²) in [6, 6.07) is 5.71. The largest absolute Gasteiger partial charge is 0.326 e. The van der Waals surface area contributed by atoms with Crippen LogP contribution in [0.15, 0.2) is 34.1 Å². The van der Waals surface area contributed by atoms with Crippen LogP contribution in [-0.4, -0.2) is 35.1 Å². The van der Waals surface area contributed by atoms with Crippen molar-refractivity contribution in [2.45, 2.75) is 61.2 Å². The highest BCUT2D eigenvalue weighted by Crippen LogP contribution is 2.41. The summed E-state index contributed by atoms with van der Waals surface area (Å²) in [6.07, 6.45) is 5.15. The van der Waals surface area contributed by atoms with Crippen LogP contribution in [0.4, 0.5) is 5.69 Å². The standard InChI is InChI=1S/C24H29N3O6S3/c25-35(30,31)18-3-1-2-17(11-18)27-24(29)16-8-9-21-19(10-16)23(36(32,33)26-13-14-4-5-14)22(34-21)12-20(28)15-6-7-15/h1-3,11,14-16,26H,4-10,12-13H2,(H,27,29)(H2,25,30,31). The second kappa shape index (κ2) is 9.64. The van der Waals surface area contributed by atoms with E-state index in [1.807, 2.05) is 0 Å². The number of fused-ring (bicyclic) bond motifs is 1. The van der Waals surface area contributed by atoms with Gasteiger partial charge in [-0.05, 0) is 74.6 Å². The van der Waals surface area contributed by atoms with Crippen LogP contribution in [0, 0.1) is 17.8 Å². The maximum atomic E-state index is 13.4. The fraction of sp³-hybridized carbons (Fsp3) is 0.500. The number of ketones is 1. The van der Waals surface area contributed by atoms with Gasteiger partial charge in [-0.25, -0.2) is 26.7 Å². The average Bonchev–Trinajstić information content (AvgIpc) is 3.73. The van der Waals surface area contributed by atoms with Crippen molar-refractivity contribution in [3.05, 3.63) is 39.6 Å². The Morgan fingerprint density at radius 2 is 1.78 bits per heavy atom. The third-order valence-corrected chi connectivity index (χ3v) is 10.9. The number of hydrogen-bond donors (Lipinski definition) is 3. The molecule has 1 heterocycles. The molecule has 0 aliphatic heterocycles. The molecule has 0 spiro atoms. The number of nitrogens with two attached hydrogens (primary N) is 1. The van der Waals surface area contributed by atoms with Gasteiger partial charge in [0.05, 0.1) is 9.79 Å². The van der Waals surface area contributed by atoms with Gasteiger partial charge in [-0.3, -0.25) is 9.59 Å². The molecule has 3 aliphatic rings. The molecule has 2 saturated carbocycles. The summed E-state index contributed by atoms with van der Waals surface area (Å²) in [5.74, 6) is -0.336. The van der Waals surface area contributed by atoms with Crippen molar-refractivity contribution >= 4 is 48.8 Å². The number of nitrogens with one attached hydrogen (secondary N) is 2. The Balaban J connectivity index is 1.39. The first-order valence-corrected chi connectivity index (χ1v) is 16.0. The fourth-order valence-corrected chi connectivity index (χ4v) is 8.43. The lowest BCUT2D eigenvalue weighted by Crippen LogP contribution is -2.31. The first-order chi connectivity index (χ1) is 17.0. The van der Waals surface area contributed by atoms with Crippen LogP contribution in [-0.2, 0) is 48.9 Å². The highest BCUT2D eigenvalue weighted by Gasteiger charge is 2.37. The minimum Gasteiger partial charge on any atom is -0.326 e. The maximum absolute atomic E-state index is 13.4. The highest BCUT2D eigenvalue weighted by molar-refractivity contribution is 7.89. The summed E-state index contributed by atoms with van der Waals surface area (Å²) >= 11 is 1.38. The van der Waals surface area contributed by atoms with Crippen molar-refractivity contribution in [2.24, 2.45) is 22.9 Å². The van der Waals surface area contributed by atoms with Crippen LogP contribution in [0.3, 0.4) is 0 Å². The molecule has 0 saturated heterocycles. The van der Waals surface area contributed by atoms with E-state index >= 15 is 0 Å². The van der Waals surface area contributed by atoms with Gasteiger partial charge in [0.15, 0.2) is 0 Å². The molecule has 1 unspecified atom stereocenters. The van der Waals surface area contributed by atoms with Crippen molar-refractivity contribution < 1.29 is 26.4 Å². The van der Waals surface area contributed by atoms with Gasteiger partial charge in [-0.15, -0.1) is 11.3 Å². The number of aryl methyl sites for hydroxylation is 1. The van der Waals surface area contributed by atoms with Crippen molar-refractivity contribution in [1.29, 1.82) is 0 Å². The van der Waals surface area contributed by atoms with E-state index in [1.54, 1.807) is 6.07 Å². The Kier molecular flexibility index (Phi) is 6.83. The Morgan fingerprint density at radius 3 is 2.44 bits per heavy atom. The topological polar surface area (TPSA) is 152 Å². The predicted octanol–water partition coefficient (Wildman–Crippen LogP) is 2.35. The molecule has 1 amide bonds. The second-order valence-corrected chi connectivity index (χ2v) is 14.4. The summed E-state index contributed by atoms with van der Waals surface area (Å²) in [7, 11) is -7.74. The number of benzene rings is 1. The average molecular weight is 552 g/mol. The van der Waals surface area contributed by atoms with E-state index in [1.165, 1.54) is 29.5 Å². The molecule has 0 bridgehead atoms. The monoisotopic (exact) mass is 551 g/mol. The summed E-state index contributed by atoms with van der Waals surface area (Å²) in [5, 5.41) is 7.94. The van der Waals surface area contributed by atoms with E-state index in [-0.39, 0.29) is 40.2 Å². The minimum absolute atomic E-state index is 0.0331. The molecule has 1 aromatic heterocycles. The molecule has 5 rings (SSSR count). The van der Waals surface area contributed by atoms with Gasteiger partial charge in [-0.2, -0.15) is 0 Å². The summed E-state index contributed by atoms with van der Waals surface area (Å²) in [5.41, 5.74) is 0.934. The molecular formula is C24H29N3O6S3. The van der Waals surface area contributed by atoms with Gasteiger partial charge < -0.3 is 5.32 Å². The number of anilines is 1. The molecule has 1 aromatic carbocycles. The third kappa shape index (κ3) is 5.72. The zero-order chi connectivity index (χ0) is 25.7. The number of Topliss-reactive ketones (excluding diaryl/α,β-unsaturated/α-hetero) is 1. The highest BCUT2D eigenvalue weighted by atomic mass is 32.2. The molecule has 2 fully saturated rings. The van der Waals surface area contributed by atoms with Gasteiger partial charge in [0.25, 0.3) is 0 Å². The predicted molar refractivity (Wildman–Crippen MR) is 136 cm³/mol. The van der Waals surface area contributed by atoms with Gasteiger partial charge >= 0.3 is 0 Å². The quantitative estimate of drug-likeness (QED) is 0.412. The lowest BCUT2D eigenvalue weighted by Gasteiger charge is -2.23. The molecule has 194 valence electrons. The van der Waals surface area contributed by atoms with Gasteiger partial charge in [0, 0.05) is 40.2 Å². The van der Waals surface area contributed by atoms with Gasteiger partial charge in [-0.1, -0.05) is 6.07 Å². The molecule has 1 atom stereocenters. The third-order valence-electron chi connectivity index (χ3n) is 6.98. The lowest BCUT2D eigenvalue weighted by atomic mass is 9.87. The number of hydrogen-bond acceptors (Lipinski definition) is 7. The van der Waals surface area contributed by atoms with E-state index in [4.69, 9.17) is 5.14 Å². The number of carbonyl (C=O) groups excluding carboxylic acids is 2. The Hall–Kier alpha value is -2.12. The van der Waals surface area contributed by atoms with Crippen LogP contribution in [0.25, 0.3) is 0 Å². The van der Waals surface area contributed by atoms with Crippen LogP contribution in [0.1, 0.15) is 47.4 Å². The van der Waals surface area contributed by atoms with Crippen LogP contribution >= 0.6 is 11.3 Å². The summed E-state index contributed by atoms with van der Waals surface area (Å²) in [6.45, 7) is 0.382. The van der Waals surface area contributed by atoms with E-state index in [9.17, 15) is 26.4 Å². The SMILES string of the molecule is NS(=O)(=O)c1cccc(NC(=O)C2CCc3sc(CC(=O)C4CC4)c(S(=O)(=O)NCC4CC4)c3C2)c1. The molecule has 12 heteroatoms. The molecule has 3 aliphatic carbocycles. The van der Waals surface area contributed by atoms with Crippen molar-refractivity contribution in [2.75, 3.05) is 11.9 Å². The number of rotatable bonds is 10. The second-order valence-electron chi connectivity index (χ2n) is 9.97. The van der Waals surface area contributed by atoms with Crippen LogP contribution in [0.2, 0.25) is 0 Å². The number of amides is 1. The molecular weight excluding hydrogens is 522 g/mol. The van der Waals surface area contributed by atoms with Gasteiger partial charge in [0.2, 0.25) is 26.0 Å². The van der Waals surface area contributed by atoms with E-state index in [0.717, 1.165) is 30.6 Å². The van der Waals surface area contributed by atoms with Crippen molar-refractivity contribution in [3.63, 3.8) is 0 Å². The van der Waals surface area contributed by atoms with Crippen LogP contribution < -0.4 is 15.2 Å². The molecule has 4 N–H and O–H groups in total. The number of sulfonamides is 2. The first kappa shape index (κ1) is 25.5. The number of primary sulfonamides is 1. The molecule has 36 heavy (non-hydrogen) atoms. The molecule has 2 aromatic rings. The molecule has 0 radical (unpaired) electrons. The zero-order valence-corrected chi connectivity index (χ0v) is 22.1. The summed E-state index contributed by atoms with van der Waals surface area (Å²) < 4.78 is 52.8. The first-order valence-electron chi connectivity index (χ1n) is 12.1. The smallest absolute Gasteiger partial charge is 0.241 e. The van der Waals surface area contributed by atoms with Crippen LogP contribution in [0.5, 0.6) is 0 Å². The zero-order valence-electron chi connectivity index (χ0n) is 19.7. The summed E-state index contributed by atoms with van der Waals surface area (Å²) in [4.78, 5) is 27.3. The molecule has 9 nitrogen and oxygen atoms in total. The number of thiophene rings is 1. The van der Waals surface area contributed by atoms with E-state index < -0.39 is 26.0 Å². The minimum atomic E-state index is -3.92. The van der Waals surface area contributed by atoms with E-state index in [2.05, 4.69) is 10.0 Å². The number of carbonyl (C=O) groups is 2. The maximum Gasteiger partial charge on any atom is 0.241 e.